The molecule has 6 nitrogen and oxygen atoms in total. The van der Waals surface area contributed by atoms with Gasteiger partial charge in [0, 0.05) is 17.1 Å². The summed E-state index contributed by atoms with van der Waals surface area (Å²) in [6.45, 7) is 3.11. The van der Waals surface area contributed by atoms with Crippen LogP contribution in [0.4, 0.5) is 5.82 Å². The molecular formula is C12H13BrN2O4. The number of hydrogen-bond donors (Lipinski definition) is 2. The van der Waals surface area contributed by atoms with Gasteiger partial charge in [0.25, 0.3) is 5.91 Å². The number of nitrogens with one attached hydrogen (secondary N) is 1. The van der Waals surface area contributed by atoms with Crippen molar-refractivity contribution in [2.24, 2.45) is 5.41 Å². The number of halogens is 1. The number of nitrogens with zero attached hydrogens (tertiary/aromatic N) is 1. The number of carboxylic acids is 1. The molecule has 1 aliphatic heterocycles. The van der Waals surface area contributed by atoms with Crippen LogP contribution in [0.2, 0.25) is 0 Å². The summed E-state index contributed by atoms with van der Waals surface area (Å²) in [6, 6.07) is 1.68. The van der Waals surface area contributed by atoms with E-state index in [0.29, 0.717) is 11.6 Å². The first-order valence-corrected chi connectivity index (χ1v) is 6.45. The van der Waals surface area contributed by atoms with Crippen LogP contribution in [0.3, 0.4) is 0 Å². The quantitative estimate of drug-likeness (QED) is 0.886. The van der Waals surface area contributed by atoms with E-state index < -0.39 is 17.5 Å². The Labute approximate surface area is 118 Å². The van der Waals surface area contributed by atoms with Crippen LogP contribution in [0, 0.1) is 5.41 Å². The Balaban J connectivity index is 2.22. The molecule has 2 heterocycles. The number of ether oxygens (including phenoxy) is 1. The highest BCUT2D eigenvalue weighted by molar-refractivity contribution is 9.10. The van der Waals surface area contributed by atoms with E-state index in [2.05, 4.69) is 26.2 Å². The Morgan fingerprint density at radius 2 is 2.32 bits per heavy atom. The first-order valence-electron chi connectivity index (χ1n) is 5.66. The molecule has 0 fully saturated rings. The second-order valence-electron chi connectivity index (χ2n) is 4.99. The lowest BCUT2D eigenvalue weighted by Crippen LogP contribution is -2.42. The maximum atomic E-state index is 11.9. The summed E-state index contributed by atoms with van der Waals surface area (Å²) in [7, 11) is 0. The van der Waals surface area contributed by atoms with E-state index in [-0.39, 0.29) is 12.3 Å². The topological polar surface area (TPSA) is 88.5 Å². The van der Waals surface area contributed by atoms with Crippen molar-refractivity contribution in [1.29, 1.82) is 0 Å². The van der Waals surface area contributed by atoms with E-state index in [1.807, 2.05) is 0 Å². The summed E-state index contributed by atoms with van der Waals surface area (Å²) in [6.07, 6.45) is 0.791. The molecular weight excluding hydrogens is 316 g/mol. The molecule has 2 rings (SSSR count). The number of aromatic nitrogens is 1. The minimum absolute atomic E-state index is 0.0835. The minimum Gasteiger partial charge on any atom is -0.481 e. The van der Waals surface area contributed by atoms with E-state index in [9.17, 15) is 9.59 Å². The average molecular weight is 329 g/mol. The molecule has 0 radical (unpaired) electrons. The molecule has 1 aromatic heterocycles. The van der Waals surface area contributed by atoms with Crippen LogP contribution in [0.15, 0.2) is 16.7 Å². The van der Waals surface area contributed by atoms with Crippen molar-refractivity contribution in [3.05, 3.63) is 16.7 Å². The SMILES string of the molecule is CC(C)(CC1Oc2cc(Br)cnc2NC1=O)C(=O)O. The van der Waals surface area contributed by atoms with Gasteiger partial charge in [-0.1, -0.05) is 0 Å². The Bertz CT molecular complexity index is 545. The van der Waals surface area contributed by atoms with E-state index in [1.54, 1.807) is 26.1 Å². The summed E-state index contributed by atoms with van der Waals surface area (Å²) in [4.78, 5) is 27.0. The highest BCUT2D eigenvalue weighted by Gasteiger charge is 2.37. The third kappa shape index (κ3) is 2.86. The van der Waals surface area contributed by atoms with Crippen LogP contribution in [0.5, 0.6) is 5.75 Å². The molecule has 2 N–H and O–H groups in total. The van der Waals surface area contributed by atoms with Gasteiger partial charge >= 0.3 is 5.97 Å². The van der Waals surface area contributed by atoms with Crippen molar-refractivity contribution in [1.82, 2.24) is 4.98 Å². The predicted molar refractivity (Wildman–Crippen MR) is 71.0 cm³/mol. The zero-order valence-corrected chi connectivity index (χ0v) is 12.0. The summed E-state index contributed by atoms with van der Waals surface area (Å²) in [5.41, 5.74) is -1.04. The molecule has 102 valence electrons. The fourth-order valence-corrected chi connectivity index (χ4v) is 2.00. The number of carbonyl (C=O) groups excluding carboxylic acids is 1. The van der Waals surface area contributed by atoms with Crippen molar-refractivity contribution in [2.45, 2.75) is 26.4 Å². The van der Waals surface area contributed by atoms with Gasteiger partial charge in [-0.15, -0.1) is 0 Å². The van der Waals surface area contributed by atoms with Crippen LogP contribution in [0.1, 0.15) is 20.3 Å². The van der Waals surface area contributed by atoms with Crippen molar-refractivity contribution in [3.63, 3.8) is 0 Å². The van der Waals surface area contributed by atoms with Gasteiger partial charge in [-0.05, 0) is 35.8 Å². The van der Waals surface area contributed by atoms with Crippen LogP contribution in [0.25, 0.3) is 0 Å². The first kappa shape index (κ1) is 13.8. The van der Waals surface area contributed by atoms with E-state index >= 15 is 0 Å². The molecule has 1 unspecified atom stereocenters. The van der Waals surface area contributed by atoms with Crippen molar-refractivity contribution in [3.8, 4) is 5.75 Å². The van der Waals surface area contributed by atoms with Crippen molar-refractivity contribution >= 4 is 33.6 Å². The molecule has 1 aromatic rings. The van der Waals surface area contributed by atoms with Gasteiger partial charge in [-0.3, -0.25) is 9.59 Å². The lowest BCUT2D eigenvalue weighted by Gasteiger charge is -2.29. The third-order valence-corrected chi connectivity index (χ3v) is 3.33. The van der Waals surface area contributed by atoms with E-state index in [1.165, 1.54) is 0 Å². The number of anilines is 1. The molecule has 0 aromatic carbocycles. The number of aliphatic carboxylic acids is 1. The molecule has 0 bridgehead atoms. The molecule has 1 atom stereocenters. The van der Waals surface area contributed by atoms with Crippen LogP contribution in [-0.4, -0.2) is 28.1 Å². The summed E-state index contributed by atoms with van der Waals surface area (Å²) >= 11 is 3.26. The maximum Gasteiger partial charge on any atom is 0.309 e. The number of pyridine rings is 1. The standard InChI is InChI=1S/C12H13BrN2O4/c1-12(2,11(17)18)4-8-10(16)15-9-7(19-8)3-6(13)5-14-9/h3,5,8H,4H2,1-2H3,(H,17,18)(H,14,15,16). The molecule has 0 spiro atoms. The zero-order valence-electron chi connectivity index (χ0n) is 10.4. The first-order chi connectivity index (χ1) is 8.79. The Morgan fingerprint density at radius 1 is 1.63 bits per heavy atom. The second-order valence-corrected chi connectivity index (χ2v) is 5.90. The van der Waals surface area contributed by atoms with Crippen LogP contribution in [-0.2, 0) is 9.59 Å². The predicted octanol–water partition coefficient (Wildman–Crippen LogP) is 2.04. The van der Waals surface area contributed by atoms with Gasteiger partial charge in [0.2, 0.25) is 0 Å². The molecule has 7 heteroatoms. The monoisotopic (exact) mass is 328 g/mol. The molecule has 1 amide bonds. The molecule has 0 saturated carbocycles. The lowest BCUT2D eigenvalue weighted by atomic mass is 9.86. The van der Waals surface area contributed by atoms with Gasteiger partial charge in [-0.2, -0.15) is 0 Å². The van der Waals surface area contributed by atoms with E-state index in [0.717, 1.165) is 4.47 Å². The van der Waals surface area contributed by atoms with Gasteiger partial charge in [0.1, 0.15) is 0 Å². The largest absolute Gasteiger partial charge is 0.481 e. The number of amides is 1. The Hall–Kier alpha value is -1.63. The molecule has 0 saturated heterocycles. The minimum atomic E-state index is -1.04. The zero-order chi connectivity index (χ0) is 14.2. The maximum absolute atomic E-state index is 11.9. The summed E-state index contributed by atoms with van der Waals surface area (Å²) in [5, 5.41) is 11.7. The smallest absolute Gasteiger partial charge is 0.309 e. The van der Waals surface area contributed by atoms with Gasteiger partial charge in [0.15, 0.2) is 17.7 Å². The fraction of sp³-hybridized carbons (Fsp3) is 0.417. The van der Waals surface area contributed by atoms with E-state index in [4.69, 9.17) is 9.84 Å². The molecule has 19 heavy (non-hydrogen) atoms. The number of carbonyl (C=O) groups is 2. The highest BCUT2D eigenvalue weighted by Crippen LogP contribution is 2.33. The van der Waals surface area contributed by atoms with Gasteiger partial charge < -0.3 is 15.2 Å². The summed E-state index contributed by atoms with van der Waals surface area (Å²) < 4.78 is 6.26. The number of carboxylic acid groups (broad SMARTS) is 1. The number of rotatable bonds is 3. The highest BCUT2D eigenvalue weighted by atomic mass is 79.9. The van der Waals surface area contributed by atoms with Crippen molar-refractivity contribution in [2.75, 3.05) is 5.32 Å². The Kier molecular flexibility index (Phi) is 3.49. The summed E-state index contributed by atoms with van der Waals surface area (Å²) in [5.74, 6) is -0.573. The number of hydrogen-bond acceptors (Lipinski definition) is 4. The number of fused-ring (bicyclic) bond motifs is 1. The third-order valence-electron chi connectivity index (χ3n) is 2.90. The van der Waals surface area contributed by atoms with Gasteiger partial charge in [-0.25, -0.2) is 4.98 Å². The lowest BCUT2D eigenvalue weighted by molar-refractivity contribution is -0.149. The normalized spacial score (nSPS) is 18.3. The van der Waals surface area contributed by atoms with Crippen LogP contribution < -0.4 is 10.1 Å². The average Bonchev–Trinajstić information content (AvgIpc) is 2.30. The molecule has 1 aliphatic rings. The second kappa shape index (κ2) is 4.80. The Morgan fingerprint density at radius 3 is 2.95 bits per heavy atom. The van der Waals surface area contributed by atoms with Crippen molar-refractivity contribution < 1.29 is 19.4 Å². The fourth-order valence-electron chi connectivity index (χ4n) is 1.69. The van der Waals surface area contributed by atoms with Gasteiger partial charge in [0.05, 0.1) is 5.41 Å². The molecule has 0 aliphatic carbocycles. The van der Waals surface area contributed by atoms with Crippen LogP contribution >= 0.6 is 15.9 Å².